The summed E-state index contributed by atoms with van der Waals surface area (Å²) in [6.07, 6.45) is 0. The normalized spacial score (nSPS) is 16.7. The molecular weight excluding hydrogens is 397 g/mol. The van der Waals surface area contributed by atoms with Crippen molar-refractivity contribution in [3.8, 4) is 5.69 Å². The zero-order chi connectivity index (χ0) is 20.4. The Kier molecular flexibility index (Phi) is 5.84. The van der Waals surface area contributed by atoms with E-state index in [-0.39, 0.29) is 12.4 Å². The molecule has 2 aromatic rings. The maximum Gasteiger partial charge on any atom is 0.315 e. The van der Waals surface area contributed by atoms with Crippen molar-refractivity contribution in [2.75, 3.05) is 44.6 Å². The number of nitrogens with zero attached hydrogens (tertiary/aromatic N) is 3. The number of aliphatic hydroxyl groups is 1. The third-order valence-electron chi connectivity index (χ3n) is 5.27. The van der Waals surface area contributed by atoms with Gasteiger partial charge >= 0.3 is 11.8 Å². The van der Waals surface area contributed by atoms with Crippen LogP contribution in [0.2, 0.25) is 0 Å². The Bertz CT molecular complexity index is 909. The Morgan fingerprint density at radius 1 is 1.21 bits per heavy atom. The average molecular weight is 420 g/mol. The van der Waals surface area contributed by atoms with Crippen LogP contribution in [0.5, 0.6) is 0 Å². The van der Waals surface area contributed by atoms with Crippen LogP contribution in [0.1, 0.15) is 11.3 Å². The first-order valence-electron chi connectivity index (χ1n) is 9.56. The fourth-order valence-electron chi connectivity index (χ4n) is 3.65. The van der Waals surface area contributed by atoms with Crippen LogP contribution in [0.4, 0.5) is 10.2 Å². The molecular formula is C19H23FN5O3S+. The van der Waals surface area contributed by atoms with Crippen molar-refractivity contribution in [3.05, 3.63) is 41.3 Å². The number of hydrogen-bond acceptors (Lipinski definition) is 5. The summed E-state index contributed by atoms with van der Waals surface area (Å²) in [5.74, 6) is 0.282. The van der Waals surface area contributed by atoms with Gasteiger partial charge in [-0.05, 0) is 24.3 Å². The first-order valence-corrected chi connectivity index (χ1v) is 10.7. The van der Waals surface area contributed by atoms with Crippen molar-refractivity contribution in [2.24, 2.45) is 0 Å². The molecule has 8 nitrogen and oxygen atoms in total. The molecule has 2 amide bonds. The third-order valence-corrected chi connectivity index (χ3v) is 6.24. The number of anilines is 1. The molecule has 0 aliphatic carbocycles. The topological polar surface area (TPSA) is 91.9 Å². The van der Waals surface area contributed by atoms with Gasteiger partial charge in [-0.2, -0.15) is 16.9 Å². The second kappa shape index (κ2) is 8.52. The van der Waals surface area contributed by atoms with Gasteiger partial charge in [0, 0.05) is 17.1 Å². The molecule has 2 aliphatic heterocycles. The number of carbonyl (C=O) groups excluding carboxylic acids is 2. The summed E-state index contributed by atoms with van der Waals surface area (Å²) in [7, 11) is 0. The summed E-state index contributed by atoms with van der Waals surface area (Å²) >= 11 is 1.69. The number of benzene rings is 1. The highest BCUT2D eigenvalue weighted by molar-refractivity contribution is 7.98. The van der Waals surface area contributed by atoms with Gasteiger partial charge in [0.05, 0.1) is 44.2 Å². The number of amides is 2. The summed E-state index contributed by atoms with van der Waals surface area (Å²) in [6.45, 7) is 3.13. The number of carbonyl (C=O) groups is 2. The first kappa shape index (κ1) is 19.9. The SMILES string of the molecule is O=C(Nc1c2c(nn1-c1ccc(F)cc1)CSC2)C(=O)N1CC[NH+](CCO)CC1. The maximum atomic E-state index is 13.3. The predicted octanol–water partition coefficient (Wildman–Crippen LogP) is -0.584. The van der Waals surface area contributed by atoms with Crippen LogP contribution in [-0.4, -0.2) is 70.9 Å². The van der Waals surface area contributed by atoms with E-state index >= 15 is 0 Å². The number of hydrogen-bond donors (Lipinski definition) is 3. The summed E-state index contributed by atoms with van der Waals surface area (Å²) in [6, 6.07) is 5.85. The van der Waals surface area contributed by atoms with Crippen LogP contribution in [0, 0.1) is 5.82 Å². The average Bonchev–Trinajstić information content (AvgIpc) is 3.31. The minimum absolute atomic E-state index is 0.111. The molecule has 4 rings (SSSR count). The molecule has 3 N–H and O–H groups in total. The van der Waals surface area contributed by atoms with Crippen molar-refractivity contribution in [1.29, 1.82) is 0 Å². The van der Waals surface area contributed by atoms with Gasteiger partial charge in [-0.1, -0.05) is 0 Å². The third kappa shape index (κ3) is 4.14. The van der Waals surface area contributed by atoms with E-state index in [1.165, 1.54) is 17.0 Å². The number of nitrogens with one attached hydrogen (secondary N) is 2. The minimum Gasteiger partial charge on any atom is -0.391 e. The number of aromatic nitrogens is 2. The van der Waals surface area contributed by atoms with Crippen LogP contribution < -0.4 is 10.2 Å². The van der Waals surface area contributed by atoms with Crippen molar-refractivity contribution < 1.29 is 24.0 Å². The van der Waals surface area contributed by atoms with Gasteiger partial charge in [0.15, 0.2) is 0 Å². The Balaban J connectivity index is 1.51. The number of piperazine rings is 1. The molecule has 10 heteroatoms. The number of thioether (sulfide) groups is 1. The van der Waals surface area contributed by atoms with E-state index in [0.717, 1.165) is 17.0 Å². The van der Waals surface area contributed by atoms with Gasteiger partial charge in [0.25, 0.3) is 0 Å². The molecule has 29 heavy (non-hydrogen) atoms. The number of rotatable bonds is 4. The number of quaternary nitrogens is 1. The van der Waals surface area contributed by atoms with E-state index < -0.39 is 11.8 Å². The van der Waals surface area contributed by atoms with Crippen molar-refractivity contribution in [1.82, 2.24) is 14.7 Å². The zero-order valence-corrected chi connectivity index (χ0v) is 16.7. The quantitative estimate of drug-likeness (QED) is 0.576. The maximum absolute atomic E-state index is 13.3. The molecule has 3 heterocycles. The fourth-order valence-corrected chi connectivity index (χ4v) is 4.68. The van der Waals surface area contributed by atoms with Crippen LogP contribution in [0.25, 0.3) is 5.69 Å². The lowest BCUT2D eigenvalue weighted by Gasteiger charge is -2.31. The van der Waals surface area contributed by atoms with E-state index in [4.69, 9.17) is 5.11 Å². The van der Waals surface area contributed by atoms with Gasteiger partial charge < -0.3 is 20.2 Å². The molecule has 0 bridgehead atoms. The van der Waals surface area contributed by atoms with E-state index in [1.54, 1.807) is 33.5 Å². The smallest absolute Gasteiger partial charge is 0.315 e. The summed E-state index contributed by atoms with van der Waals surface area (Å²) < 4.78 is 14.9. The van der Waals surface area contributed by atoms with E-state index in [2.05, 4.69) is 10.4 Å². The van der Waals surface area contributed by atoms with Crippen LogP contribution in [0.15, 0.2) is 24.3 Å². The van der Waals surface area contributed by atoms with Crippen LogP contribution in [-0.2, 0) is 21.1 Å². The Labute approximate surface area is 171 Å². The van der Waals surface area contributed by atoms with E-state index in [1.807, 2.05) is 0 Å². The molecule has 0 radical (unpaired) electrons. The first-order chi connectivity index (χ1) is 14.1. The highest BCUT2D eigenvalue weighted by Gasteiger charge is 2.30. The molecule has 0 unspecified atom stereocenters. The minimum atomic E-state index is -0.696. The Morgan fingerprint density at radius 2 is 1.93 bits per heavy atom. The van der Waals surface area contributed by atoms with Crippen molar-refractivity contribution in [3.63, 3.8) is 0 Å². The lowest BCUT2D eigenvalue weighted by atomic mass is 10.2. The van der Waals surface area contributed by atoms with Crippen LogP contribution in [0.3, 0.4) is 0 Å². The molecule has 1 saturated heterocycles. The van der Waals surface area contributed by atoms with Gasteiger partial charge in [0.2, 0.25) is 0 Å². The van der Waals surface area contributed by atoms with Gasteiger partial charge in [0.1, 0.15) is 18.2 Å². The number of aliphatic hydroxyl groups excluding tert-OH is 1. The molecule has 154 valence electrons. The fraction of sp³-hybridized carbons (Fsp3) is 0.421. The van der Waals surface area contributed by atoms with Gasteiger partial charge in [-0.25, -0.2) is 9.07 Å². The monoisotopic (exact) mass is 420 g/mol. The molecule has 2 aliphatic rings. The van der Waals surface area contributed by atoms with E-state index in [9.17, 15) is 14.0 Å². The largest absolute Gasteiger partial charge is 0.391 e. The highest BCUT2D eigenvalue weighted by atomic mass is 32.2. The molecule has 0 saturated carbocycles. The summed E-state index contributed by atoms with van der Waals surface area (Å²) in [5.41, 5.74) is 2.38. The Morgan fingerprint density at radius 3 is 2.62 bits per heavy atom. The van der Waals surface area contributed by atoms with Gasteiger partial charge in [-0.15, -0.1) is 0 Å². The summed E-state index contributed by atoms with van der Waals surface area (Å²) in [5, 5.41) is 16.3. The predicted molar refractivity (Wildman–Crippen MR) is 106 cm³/mol. The van der Waals surface area contributed by atoms with E-state index in [0.29, 0.717) is 50.0 Å². The molecule has 1 fully saturated rings. The molecule has 0 spiro atoms. The zero-order valence-electron chi connectivity index (χ0n) is 15.9. The lowest BCUT2D eigenvalue weighted by Crippen LogP contribution is -3.15. The lowest BCUT2D eigenvalue weighted by molar-refractivity contribution is -0.904. The number of fused-ring (bicyclic) bond motifs is 1. The standard InChI is InChI=1S/C19H22FN5O3S/c20-13-1-3-14(4-2-13)25-17(15-11-29-12-16(15)22-25)21-18(27)19(28)24-7-5-23(6-8-24)9-10-26/h1-4,26H,5-12H2,(H,21,27)/p+1. The van der Waals surface area contributed by atoms with Crippen LogP contribution >= 0.6 is 11.8 Å². The van der Waals surface area contributed by atoms with Gasteiger partial charge in [-0.3, -0.25) is 9.59 Å². The molecule has 1 aromatic carbocycles. The second-order valence-electron chi connectivity index (χ2n) is 7.12. The highest BCUT2D eigenvalue weighted by Crippen LogP contribution is 2.36. The molecule has 1 aromatic heterocycles. The van der Waals surface area contributed by atoms with Crippen molar-refractivity contribution >= 4 is 29.4 Å². The number of halogens is 1. The van der Waals surface area contributed by atoms with Crippen molar-refractivity contribution in [2.45, 2.75) is 11.5 Å². The summed E-state index contributed by atoms with van der Waals surface area (Å²) in [4.78, 5) is 28.1. The second-order valence-corrected chi connectivity index (χ2v) is 8.11. The Hall–Kier alpha value is -2.43. The molecule has 0 atom stereocenters.